The van der Waals surface area contributed by atoms with Crippen LogP contribution in [0.2, 0.25) is 0 Å². The number of hydrogen-bond acceptors (Lipinski definition) is 2. The molecule has 16 heavy (non-hydrogen) atoms. The Balaban J connectivity index is 2.15. The van der Waals surface area contributed by atoms with Crippen LogP contribution < -0.4 is 5.73 Å². The van der Waals surface area contributed by atoms with Gasteiger partial charge in [0.15, 0.2) is 0 Å². The molecule has 0 aliphatic rings. The van der Waals surface area contributed by atoms with Crippen molar-refractivity contribution in [2.75, 3.05) is 0 Å². The molecular weight excluding hydrogens is 264 g/mol. The van der Waals surface area contributed by atoms with E-state index in [9.17, 15) is 0 Å². The molecule has 2 aromatic rings. The lowest BCUT2D eigenvalue weighted by Gasteiger charge is -2.13. The molecule has 0 bridgehead atoms. The van der Waals surface area contributed by atoms with Crippen LogP contribution >= 0.6 is 15.9 Å². The fourth-order valence-corrected chi connectivity index (χ4v) is 2.21. The Bertz CT molecular complexity index is 456. The molecule has 0 fully saturated rings. The van der Waals surface area contributed by atoms with Crippen LogP contribution in [0, 0.1) is 0 Å². The summed E-state index contributed by atoms with van der Waals surface area (Å²) in [5, 5.41) is 0. The largest absolute Gasteiger partial charge is 0.324 e. The van der Waals surface area contributed by atoms with Crippen molar-refractivity contribution < 1.29 is 0 Å². The summed E-state index contributed by atoms with van der Waals surface area (Å²) in [5.41, 5.74) is 8.30. The molecule has 1 heterocycles. The molecule has 0 saturated carbocycles. The zero-order valence-electron chi connectivity index (χ0n) is 8.81. The first-order chi connectivity index (χ1) is 7.77. The maximum absolute atomic E-state index is 6.16. The summed E-state index contributed by atoms with van der Waals surface area (Å²) < 4.78 is 1.05. The maximum Gasteiger partial charge on any atom is 0.0422 e. The van der Waals surface area contributed by atoms with E-state index in [4.69, 9.17) is 5.73 Å². The molecule has 1 unspecified atom stereocenters. The minimum absolute atomic E-state index is 0.0227. The maximum atomic E-state index is 6.16. The summed E-state index contributed by atoms with van der Waals surface area (Å²) in [7, 11) is 0. The van der Waals surface area contributed by atoms with E-state index in [1.807, 2.05) is 42.5 Å². The number of hydrogen-bond donors (Lipinski definition) is 1. The average Bonchev–Trinajstić information content (AvgIpc) is 2.31. The zero-order valence-corrected chi connectivity index (χ0v) is 10.4. The summed E-state index contributed by atoms with van der Waals surface area (Å²) in [4.78, 5) is 4.28. The predicted octanol–water partition coefficient (Wildman–Crippen LogP) is 3.09. The van der Waals surface area contributed by atoms with Gasteiger partial charge in [-0.3, -0.25) is 4.98 Å². The van der Waals surface area contributed by atoms with Crippen molar-refractivity contribution in [2.45, 2.75) is 12.5 Å². The van der Waals surface area contributed by atoms with Gasteiger partial charge < -0.3 is 5.73 Å². The van der Waals surface area contributed by atoms with Crippen LogP contribution in [-0.2, 0) is 6.42 Å². The first kappa shape index (κ1) is 11.3. The molecule has 0 aliphatic carbocycles. The minimum Gasteiger partial charge on any atom is -0.324 e. The fourth-order valence-electron chi connectivity index (χ4n) is 1.63. The van der Waals surface area contributed by atoms with Crippen LogP contribution in [0.15, 0.2) is 53.1 Å². The SMILES string of the molecule is NC(Cc1ccccn1)c1ccccc1Br. The number of halogens is 1. The molecule has 2 N–H and O–H groups in total. The number of aromatic nitrogens is 1. The van der Waals surface area contributed by atoms with Crippen LogP contribution in [0.3, 0.4) is 0 Å². The van der Waals surface area contributed by atoms with Gasteiger partial charge in [0.1, 0.15) is 0 Å². The van der Waals surface area contributed by atoms with Crippen molar-refractivity contribution >= 4 is 15.9 Å². The van der Waals surface area contributed by atoms with Gasteiger partial charge in [-0.2, -0.15) is 0 Å². The third-order valence-corrected chi connectivity index (χ3v) is 3.18. The molecule has 3 heteroatoms. The zero-order chi connectivity index (χ0) is 11.4. The molecule has 2 nitrogen and oxygen atoms in total. The van der Waals surface area contributed by atoms with Crippen LogP contribution in [-0.4, -0.2) is 4.98 Å². The number of nitrogens with zero attached hydrogens (tertiary/aromatic N) is 1. The number of pyridine rings is 1. The molecule has 1 atom stereocenters. The normalized spacial score (nSPS) is 12.4. The molecule has 82 valence electrons. The average molecular weight is 277 g/mol. The van der Waals surface area contributed by atoms with E-state index in [0.29, 0.717) is 0 Å². The van der Waals surface area contributed by atoms with Crippen molar-refractivity contribution in [2.24, 2.45) is 5.73 Å². The molecule has 0 amide bonds. The van der Waals surface area contributed by atoms with E-state index in [0.717, 1.165) is 22.2 Å². The molecule has 1 aromatic heterocycles. The number of benzene rings is 1. The van der Waals surface area contributed by atoms with Gasteiger partial charge in [0.25, 0.3) is 0 Å². The van der Waals surface area contributed by atoms with Gasteiger partial charge in [0.2, 0.25) is 0 Å². The molecule has 2 rings (SSSR count). The number of nitrogens with two attached hydrogens (primary N) is 1. The summed E-state index contributed by atoms with van der Waals surface area (Å²) in [5.74, 6) is 0. The van der Waals surface area contributed by atoms with Crippen LogP contribution in [0.1, 0.15) is 17.3 Å². The van der Waals surface area contributed by atoms with Gasteiger partial charge in [0.05, 0.1) is 0 Å². The van der Waals surface area contributed by atoms with Crippen molar-refractivity contribution in [3.05, 3.63) is 64.4 Å². The molecular formula is C13H13BrN2. The Morgan fingerprint density at radius 2 is 1.88 bits per heavy atom. The fraction of sp³-hybridized carbons (Fsp3) is 0.154. The van der Waals surface area contributed by atoms with E-state index >= 15 is 0 Å². The van der Waals surface area contributed by atoms with E-state index in [1.54, 1.807) is 6.20 Å². The lowest BCUT2D eigenvalue weighted by atomic mass is 10.0. The lowest BCUT2D eigenvalue weighted by molar-refractivity contribution is 0.703. The summed E-state index contributed by atoms with van der Waals surface area (Å²) >= 11 is 3.51. The van der Waals surface area contributed by atoms with E-state index in [-0.39, 0.29) is 6.04 Å². The first-order valence-corrected chi connectivity index (χ1v) is 5.96. The van der Waals surface area contributed by atoms with Crippen molar-refractivity contribution in [1.82, 2.24) is 4.98 Å². The Hall–Kier alpha value is -1.19. The molecule has 1 aromatic carbocycles. The highest BCUT2D eigenvalue weighted by atomic mass is 79.9. The Kier molecular flexibility index (Phi) is 3.70. The van der Waals surface area contributed by atoms with Crippen LogP contribution in [0.5, 0.6) is 0 Å². The standard InChI is InChI=1S/C13H13BrN2/c14-12-7-2-1-6-11(12)13(15)9-10-5-3-4-8-16-10/h1-8,13H,9,15H2. The van der Waals surface area contributed by atoms with Gasteiger partial charge in [-0.15, -0.1) is 0 Å². The van der Waals surface area contributed by atoms with Gasteiger partial charge in [-0.1, -0.05) is 40.2 Å². The first-order valence-electron chi connectivity index (χ1n) is 5.17. The van der Waals surface area contributed by atoms with Gasteiger partial charge in [0, 0.05) is 28.8 Å². The van der Waals surface area contributed by atoms with Crippen LogP contribution in [0.4, 0.5) is 0 Å². The van der Waals surface area contributed by atoms with E-state index in [1.165, 1.54) is 0 Å². The number of rotatable bonds is 3. The van der Waals surface area contributed by atoms with Gasteiger partial charge in [-0.25, -0.2) is 0 Å². The third-order valence-electron chi connectivity index (χ3n) is 2.46. The van der Waals surface area contributed by atoms with Crippen molar-refractivity contribution in [3.63, 3.8) is 0 Å². The predicted molar refractivity (Wildman–Crippen MR) is 69.0 cm³/mol. The third kappa shape index (κ3) is 2.68. The summed E-state index contributed by atoms with van der Waals surface area (Å²) in [6, 6.07) is 13.9. The highest BCUT2D eigenvalue weighted by molar-refractivity contribution is 9.10. The Morgan fingerprint density at radius 1 is 1.12 bits per heavy atom. The van der Waals surface area contributed by atoms with E-state index in [2.05, 4.69) is 20.9 Å². The second-order valence-corrected chi connectivity index (χ2v) is 4.51. The Labute approximate surface area is 104 Å². The second kappa shape index (κ2) is 5.23. The van der Waals surface area contributed by atoms with Gasteiger partial charge >= 0.3 is 0 Å². The molecule has 0 radical (unpaired) electrons. The molecule has 0 aliphatic heterocycles. The minimum atomic E-state index is -0.0227. The molecule has 0 spiro atoms. The quantitative estimate of drug-likeness (QED) is 0.936. The molecule has 0 saturated heterocycles. The second-order valence-electron chi connectivity index (χ2n) is 3.65. The summed E-state index contributed by atoms with van der Waals surface area (Å²) in [6.07, 6.45) is 2.55. The summed E-state index contributed by atoms with van der Waals surface area (Å²) in [6.45, 7) is 0. The lowest BCUT2D eigenvalue weighted by Crippen LogP contribution is -2.14. The Morgan fingerprint density at radius 3 is 2.56 bits per heavy atom. The van der Waals surface area contributed by atoms with Crippen LogP contribution in [0.25, 0.3) is 0 Å². The van der Waals surface area contributed by atoms with Crippen molar-refractivity contribution in [1.29, 1.82) is 0 Å². The smallest absolute Gasteiger partial charge is 0.0422 e. The highest BCUT2D eigenvalue weighted by Crippen LogP contribution is 2.23. The topological polar surface area (TPSA) is 38.9 Å². The van der Waals surface area contributed by atoms with Crippen molar-refractivity contribution in [3.8, 4) is 0 Å². The van der Waals surface area contributed by atoms with E-state index < -0.39 is 0 Å². The monoisotopic (exact) mass is 276 g/mol. The highest BCUT2D eigenvalue weighted by Gasteiger charge is 2.10. The van der Waals surface area contributed by atoms with Gasteiger partial charge in [-0.05, 0) is 23.8 Å².